The van der Waals surface area contributed by atoms with E-state index in [0.717, 1.165) is 54.9 Å². The molecule has 0 bridgehead atoms. The molecule has 1 N–H and O–H groups in total. The van der Waals surface area contributed by atoms with Crippen LogP contribution in [-0.4, -0.2) is 36.4 Å². The van der Waals surface area contributed by atoms with E-state index in [4.69, 9.17) is 4.74 Å². The molecule has 5 nitrogen and oxygen atoms in total. The van der Waals surface area contributed by atoms with E-state index in [-0.39, 0.29) is 11.8 Å². The summed E-state index contributed by atoms with van der Waals surface area (Å²) in [6.45, 7) is 4.37. The van der Waals surface area contributed by atoms with Gasteiger partial charge in [-0.05, 0) is 61.6 Å². The highest BCUT2D eigenvalue weighted by atomic mass is 16.5. The number of carbonyl (C=O) groups excluding carboxylic acids is 2. The van der Waals surface area contributed by atoms with Gasteiger partial charge in [0.15, 0.2) is 0 Å². The van der Waals surface area contributed by atoms with Crippen LogP contribution < -0.4 is 10.1 Å². The molecule has 1 aliphatic heterocycles. The summed E-state index contributed by atoms with van der Waals surface area (Å²) >= 11 is 0. The summed E-state index contributed by atoms with van der Waals surface area (Å²) in [5.74, 6) is 0.997. The van der Waals surface area contributed by atoms with Crippen LogP contribution in [0.4, 0.5) is 5.69 Å². The second kappa shape index (κ2) is 9.93. The number of rotatable bonds is 8. The molecule has 2 aromatic carbocycles. The average molecular weight is 380 g/mol. The number of hydrogen-bond acceptors (Lipinski definition) is 3. The zero-order chi connectivity index (χ0) is 19.8. The smallest absolute Gasteiger partial charge is 0.228 e. The fourth-order valence-corrected chi connectivity index (χ4v) is 3.39. The number of nitrogens with zero attached hydrogens (tertiary/aromatic N) is 1. The highest BCUT2D eigenvalue weighted by Gasteiger charge is 2.17. The van der Waals surface area contributed by atoms with Gasteiger partial charge in [0.05, 0.1) is 13.0 Å². The largest absolute Gasteiger partial charge is 0.494 e. The maximum atomic E-state index is 12.2. The van der Waals surface area contributed by atoms with Gasteiger partial charge in [0.2, 0.25) is 11.8 Å². The number of anilines is 1. The molecular formula is C23H28N2O3. The Kier molecular flexibility index (Phi) is 7.06. The Bertz CT molecular complexity index is 778. The number of nitrogens with one attached hydrogen (secondary N) is 1. The van der Waals surface area contributed by atoms with Crippen LogP contribution in [0.1, 0.15) is 37.3 Å². The topological polar surface area (TPSA) is 58.6 Å². The van der Waals surface area contributed by atoms with Gasteiger partial charge in [-0.15, -0.1) is 0 Å². The first-order chi connectivity index (χ1) is 13.6. The van der Waals surface area contributed by atoms with Crippen LogP contribution in [-0.2, 0) is 22.4 Å². The van der Waals surface area contributed by atoms with Gasteiger partial charge >= 0.3 is 0 Å². The van der Waals surface area contributed by atoms with Crippen molar-refractivity contribution in [3.8, 4) is 5.75 Å². The zero-order valence-corrected chi connectivity index (χ0v) is 16.4. The van der Waals surface area contributed by atoms with Crippen LogP contribution >= 0.6 is 0 Å². The van der Waals surface area contributed by atoms with E-state index in [1.54, 1.807) is 0 Å². The van der Waals surface area contributed by atoms with E-state index in [1.807, 2.05) is 60.4 Å². The molecule has 148 valence electrons. The lowest BCUT2D eigenvalue weighted by molar-refractivity contribution is -0.130. The van der Waals surface area contributed by atoms with Crippen LogP contribution in [0.2, 0.25) is 0 Å². The summed E-state index contributed by atoms with van der Waals surface area (Å²) in [6, 6.07) is 15.3. The van der Waals surface area contributed by atoms with E-state index in [1.165, 1.54) is 0 Å². The maximum absolute atomic E-state index is 12.2. The van der Waals surface area contributed by atoms with Crippen molar-refractivity contribution in [3.05, 3.63) is 59.7 Å². The van der Waals surface area contributed by atoms with Crippen molar-refractivity contribution < 1.29 is 14.3 Å². The molecule has 0 aliphatic carbocycles. The molecule has 0 saturated carbocycles. The summed E-state index contributed by atoms with van der Waals surface area (Å²) in [5, 5.41) is 2.92. The van der Waals surface area contributed by atoms with Crippen molar-refractivity contribution in [2.24, 2.45) is 0 Å². The molecule has 2 amide bonds. The Labute approximate surface area is 166 Å². The first-order valence-electron chi connectivity index (χ1n) is 10.0. The molecule has 5 heteroatoms. The molecule has 1 heterocycles. The second-order valence-electron chi connectivity index (χ2n) is 7.09. The van der Waals surface area contributed by atoms with Crippen molar-refractivity contribution in [1.29, 1.82) is 0 Å². The first kappa shape index (κ1) is 19.9. The molecule has 0 atom stereocenters. The van der Waals surface area contributed by atoms with Crippen LogP contribution in [0.3, 0.4) is 0 Å². The third kappa shape index (κ3) is 5.84. The molecular weight excluding hydrogens is 352 g/mol. The summed E-state index contributed by atoms with van der Waals surface area (Å²) < 4.78 is 5.41. The molecule has 1 aliphatic rings. The van der Waals surface area contributed by atoms with Crippen molar-refractivity contribution in [3.63, 3.8) is 0 Å². The van der Waals surface area contributed by atoms with Gasteiger partial charge < -0.3 is 15.0 Å². The van der Waals surface area contributed by atoms with Gasteiger partial charge in [-0.3, -0.25) is 9.59 Å². The Morgan fingerprint density at radius 2 is 1.61 bits per heavy atom. The van der Waals surface area contributed by atoms with Gasteiger partial charge in [0.1, 0.15) is 5.75 Å². The minimum atomic E-state index is -0.0545. The van der Waals surface area contributed by atoms with Crippen LogP contribution in [0, 0.1) is 0 Å². The van der Waals surface area contributed by atoms with Crippen molar-refractivity contribution >= 4 is 17.5 Å². The van der Waals surface area contributed by atoms with Gasteiger partial charge in [0.25, 0.3) is 0 Å². The van der Waals surface area contributed by atoms with Gasteiger partial charge in [-0.1, -0.05) is 24.3 Å². The number of aryl methyl sites for hydroxylation is 1. The van der Waals surface area contributed by atoms with Crippen LogP contribution in [0.25, 0.3) is 0 Å². The standard InChI is InChI=1S/C23H28N2O3/c1-2-28-21-12-7-19(8-13-21)17-22(26)24-20-10-5-18(6-11-20)9-14-23(27)25-15-3-4-16-25/h5-8,10-13H,2-4,9,14-17H2,1H3,(H,24,26). The van der Waals surface area contributed by atoms with E-state index >= 15 is 0 Å². The molecule has 0 spiro atoms. The summed E-state index contributed by atoms with van der Waals surface area (Å²) in [7, 11) is 0. The van der Waals surface area contributed by atoms with Crippen molar-refractivity contribution in [1.82, 2.24) is 4.90 Å². The predicted molar refractivity (Wildman–Crippen MR) is 111 cm³/mol. The number of carbonyl (C=O) groups is 2. The fourth-order valence-electron chi connectivity index (χ4n) is 3.39. The predicted octanol–water partition coefficient (Wildman–Crippen LogP) is 3.82. The molecule has 1 fully saturated rings. The molecule has 0 unspecified atom stereocenters. The number of benzene rings is 2. The Balaban J connectivity index is 1.45. The lowest BCUT2D eigenvalue weighted by Crippen LogP contribution is -2.27. The molecule has 0 aromatic heterocycles. The third-order valence-corrected chi connectivity index (χ3v) is 4.92. The van der Waals surface area contributed by atoms with E-state index in [9.17, 15) is 9.59 Å². The summed E-state index contributed by atoms with van der Waals surface area (Å²) in [5.41, 5.74) is 2.82. The van der Waals surface area contributed by atoms with Gasteiger partial charge in [-0.2, -0.15) is 0 Å². The van der Waals surface area contributed by atoms with Crippen molar-refractivity contribution in [2.75, 3.05) is 25.0 Å². The van der Waals surface area contributed by atoms with Gasteiger partial charge in [0, 0.05) is 25.2 Å². The highest BCUT2D eigenvalue weighted by Crippen LogP contribution is 2.16. The second-order valence-corrected chi connectivity index (χ2v) is 7.09. The number of hydrogen-bond donors (Lipinski definition) is 1. The molecule has 3 rings (SSSR count). The normalized spacial score (nSPS) is 13.4. The molecule has 2 aromatic rings. The molecule has 0 radical (unpaired) electrons. The molecule has 28 heavy (non-hydrogen) atoms. The van der Waals surface area contributed by atoms with Crippen LogP contribution in [0.5, 0.6) is 5.75 Å². The van der Waals surface area contributed by atoms with Gasteiger partial charge in [-0.25, -0.2) is 0 Å². The monoisotopic (exact) mass is 380 g/mol. The Hall–Kier alpha value is -2.82. The fraction of sp³-hybridized carbons (Fsp3) is 0.391. The van der Waals surface area contributed by atoms with E-state index < -0.39 is 0 Å². The van der Waals surface area contributed by atoms with Crippen molar-refractivity contribution in [2.45, 2.75) is 39.0 Å². The third-order valence-electron chi connectivity index (χ3n) is 4.92. The highest BCUT2D eigenvalue weighted by molar-refractivity contribution is 5.92. The zero-order valence-electron chi connectivity index (χ0n) is 16.4. The summed E-state index contributed by atoms with van der Waals surface area (Å²) in [6.07, 6.45) is 3.84. The Morgan fingerprint density at radius 3 is 2.25 bits per heavy atom. The minimum absolute atomic E-state index is 0.0545. The number of amides is 2. The van der Waals surface area contributed by atoms with E-state index in [2.05, 4.69) is 5.32 Å². The average Bonchev–Trinajstić information content (AvgIpc) is 3.24. The number of likely N-dealkylation sites (tertiary alicyclic amines) is 1. The lowest BCUT2D eigenvalue weighted by Gasteiger charge is -2.15. The minimum Gasteiger partial charge on any atom is -0.494 e. The van der Waals surface area contributed by atoms with Crippen LogP contribution in [0.15, 0.2) is 48.5 Å². The molecule has 1 saturated heterocycles. The lowest BCUT2D eigenvalue weighted by atomic mass is 10.1. The quantitative estimate of drug-likeness (QED) is 0.757. The maximum Gasteiger partial charge on any atom is 0.228 e. The summed E-state index contributed by atoms with van der Waals surface area (Å²) in [4.78, 5) is 26.3. The SMILES string of the molecule is CCOc1ccc(CC(=O)Nc2ccc(CCC(=O)N3CCCC3)cc2)cc1. The first-order valence-corrected chi connectivity index (χ1v) is 10.0. The Morgan fingerprint density at radius 1 is 0.964 bits per heavy atom. The number of ether oxygens (including phenoxy) is 1. The van der Waals surface area contributed by atoms with E-state index in [0.29, 0.717) is 19.4 Å².